The van der Waals surface area contributed by atoms with E-state index in [4.69, 9.17) is 14.7 Å². The molecule has 8 heteroatoms. The van der Waals surface area contributed by atoms with E-state index >= 15 is 0 Å². The van der Waals surface area contributed by atoms with Crippen molar-refractivity contribution >= 4 is 22.5 Å². The van der Waals surface area contributed by atoms with Crippen LogP contribution in [0, 0.1) is 6.92 Å². The first-order chi connectivity index (χ1) is 19.8. The molecular formula is C33H40FN5O2. The lowest BCUT2D eigenvalue weighted by molar-refractivity contribution is -0.126. The molecule has 2 aromatic carbocycles. The first-order valence-corrected chi connectivity index (χ1v) is 14.8. The standard InChI is InChI=1S/C33H40FN5O2/c1-5-31(40)38-12-13-39(22(3)18-38)32-28-11-10-24(29-15-21(2)14-23-8-6-7-9-27(23)29)16-30(28)35-33(36-32)41-20-26-17-25(34)19-37(26)4/h5-9,14-15,22,24-26H,1,10-13,16-20H2,2-4H3/t22-,24?,25+,26-/m0/s1. The molecule has 1 aromatic heterocycles. The van der Waals surface area contributed by atoms with Gasteiger partial charge in [-0.2, -0.15) is 9.97 Å². The molecule has 0 radical (unpaired) electrons. The van der Waals surface area contributed by atoms with Crippen LogP contribution in [0.15, 0.2) is 49.1 Å². The second-order valence-corrected chi connectivity index (χ2v) is 12.0. The normalized spacial score (nSPS) is 24.9. The molecule has 3 aromatic rings. The van der Waals surface area contributed by atoms with Crippen molar-refractivity contribution in [1.82, 2.24) is 19.8 Å². The van der Waals surface area contributed by atoms with Gasteiger partial charge in [-0.3, -0.25) is 9.69 Å². The van der Waals surface area contributed by atoms with E-state index in [9.17, 15) is 9.18 Å². The Bertz CT molecular complexity index is 1460. The Kier molecular flexibility index (Phi) is 7.68. The lowest BCUT2D eigenvalue weighted by Crippen LogP contribution is -2.54. The minimum Gasteiger partial charge on any atom is -0.462 e. The number of amides is 1. The van der Waals surface area contributed by atoms with Crippen molar-refractivity contribution in [3.63, 3.8) is 0 Å². The maximum absolute atomic E-state index is 14.0. The third kappa shape index (κ3) is 5.54. The molecule has 7 nitrogen and oxygen atoms in total. The quantitative estimate of drug-likeness (QED) is 0.404. The van der Waals surface area contributed by atoms with Crippen molar-refractivity contribution in [3.8, 4) is 6.01 Å². The number of rotatable bonds is 6. The summed E-state index contributed by atoms with van der Waals surface area (Å²) in [4.78, 5) is 28.4. The number of aryl methyl sites for hydroxylation is 1. The van der Waals surface area contributed by atoms with E-state index in [1.54, 1.807) is 0 Å². The zero-order valence-corrected chi connectivity index (χ0v) is 24.4. The fourth-order valence-corrected chi connectivity index (χ4v) is 6.95. The topological polar surface area (TPSA) is 61.8 Å². The first-order valence-electron chi connectivity index (χ1n) is 14.8. The number of nitrogens with zero attached hydrogens (tertiary/aromatic N) is 5. The van der Waals surface area contributed by atoms with Crippen LogP contribution in [0.2, 0.25) is 0 Å². The van der Waals surface area contributed by atoms with E-state index < -0.39 is 6.17 Å². The summed E-state index contributed by atoms with van der Waals surface area (Å²) in [6, 6.07) is 13.7. The summed E-state index contributed by atoms with van der Waals surface area (Å²) >= 11 is 0. The van der Waals surface area contributed by atoms with Gasteiger partial charge in [-0.1, -0.05) is 48.5 Å². The molecule has 3 aliphatic rings. The number of anilines is 1. The van der Waals surface area contributed by atoms with Crippen molar-refractivity contribution in [3.05, 3.63) is 71.4 Å². The average molecular weight is 558 g/mol. The van der Waals surface area contributed by atoms with Gasteiger partial charge in [0.05, 0.1) is 5.69 Å². The second kappa shape index (κ2) is 11.4. The van der Waals surface area contributed by atoms with Crippen LogP contribution >= 0.6 is 0 Å². The molecule has 6 rings (SSSR count). The molecule has 0 saturated carbocycles. The third-order valence-corrected chi connectivity index (χ3v) is 9.14. The Labute approximate surface area is 242 Å². The summed E-state index contributed by atoms with van der Waals surface area (Å²) in [7, 11) is 1.94. The first kappa shape index (κ1) is 27.6. The van der Waals surface area contributed by atoms with Crippen molar-refractivity contribution in [2.45, 2.75) is 63.7 Å². The molecule has 2 aliphatic heterocycles. The molecule has 1 aliphatic carbocycles. The van der Waals surface area contributed by atoms with Crippen LogP contribution in [0.5, 0.6) is 6.01 Å². The van der Waals surface area contributed by atoms with Gasteiger partial charge in [-0.25, -0.2) is 4.39 Å². The number of benzene rings is 2. The maximum atomic E-state index is 14.0. The summed E-state index contributed by atoms with van der Waals surface area (Å²) in [5, 5.41) is 2.58. The Morgan fingerprint density at radius 3 is 2.78 bits per heavy atom. The number of carbonyl (C=O) groups is 1. The van der Waals surface area contributed by atoms with Gasteiger partial charge in [0.25, 0.3) is 0 Å². The number of halogens is 1. The summed E-state index contributed by atoms with van der Waals surface area (Å²) in [6.07, 6.45) is 3.74. The van der Waals surface area contributed by atoms with Crippen LogP contribution in [0.25, 0.3) is 10.8 Å². The van der Waals surface area contributed by atoms with Crippen LogP contribution in [-0.4, -0.2) is 83.8 Å². The number of alkyl halides is 1. The van der Waals surface area contributed by atoms with E-state index in [1.165, 1.54) is 33.5 Å². The Morgan fingerprint density at radius 2 is 2.02 bits per heavy atom. The molecular weight excluding hydrogens is 517 g/mol. The number of hydrogen-bond donors (Lipinski definition) is 0. The fraction of sp³-hybridized carbons (Fsp3) is 0.485. The fourth-order valence-electron chi connectivity index (χ4n) is 6.95. The number of piperazine rings is 1. The van der Waals surface area contributed by atoms with Crippen molar-refractivity contribution < 1.29 is 13.9 Å². The van der Waals surface area contributed by atoms with Gasteiger partial charge in [0.1, 0.15) is 18.6 Å². The number of aromatic nitrogens is 2. The monoisotopic (exact) mass is 557 g/mol. The molecule has 2 fully saturated rings. The van der Waals surface area contributed by atoms with Crippen LogP contribution in [0.1, 0.15) is 48.1 Å². The number of carbonyl (C=O) groups excluding carboxylic acids is 1. The predicted octanol–water partition coefficient (Wildman–Crippen LogP) is 4.85. The molecule has 216 valence electrons. The molecule has 1 amide bonds. The predicted molar refractivity (Wildman–Crippen MR) is 160 cm³/mol. The van der Waals surface area contributed by atoms with Gasteiger partial charge < -0.3 is 14.5 Å². The van der Waals surface area contributed by atoms with E-state index in [0.29, 0.717) is 51.1 Å². The largest absolute Gasteiger partial charge is 0.462 e. The van der Waals surface area contributed by atoms with E-state index in [2.05, 4.69) is 61.7 Å². The lowest BCUT2D eigenvalue weighted by atomic mass is 9.80. The highest BCUT2D eigenvalue weighted by molar-refractivity contribution is 5.87. The molecule has 3 heterocycles. The van der Waals surface area contributed by atoms with Crippen LogP contribution in [0.3, 0.4) is 0 Å². The average Bonchev–Trinajstić information content (AvgIpc) is 3.30. The SMILES string of the molecule is C=CC(=O)N1CCN(c2nc(OC[C@@H]3C[C@@H](F)CN3C)nc3c2CCC(c2cc(C)cc4ccccc24)C3)[C@@H](C)C1. The molecule has 1 unspecified atom stereocenters. The van der Waals surface area contributed by atoms with E-state index in [0.717, 1.165) is 30.8 Å². The smallest absolute Gasteiger partial charge is 0.318 e. The van der Waals surface area contributed by atoms with Crippen LogP contribution in [-0.2, 0) is 17.6 Å². The molecule has 4 atom stereocenters. The number of likely N-dealkylation sites (tertiary alicyclic amines) is 1. The zero-order chi connectivity index (χ0) is 28.7. The minimum absolute atomic E-state index is 0.00636. The Balaban J connectivity index is 1.33. The van der Waals surface area contributed by atoms with Gasteiger partial charge >= 0.3 is 6.01 Å². The highest BCUT2D eigenvalue weighted by Gasteiger charge is 2.34. The summed E-state index contributed by atoms with van der Waals surface area (Å²) in [5.41, 5.74) is 4.86. The summed E-state index contributed by atoms with van der Waals surface area (Å²) < 4.78 is 20.2. The van der Waals surface area contributed by atoms with Crippen LogP contribution in [0.4, 0.5) is 10.2 Å². The second-order valence-electron chi connectivity index (χ2n) is 12.0. The highest BCUT2D eigenvalue weighted by atomic mass is 19.1. The molecule has 41 heavy (non-hydrogen) atoms. The van der Waals surface area contributed by atoms with Crippen molar-refractivity contribution in [1.29, 1.82) is 0 Å². The van der Waals surface area contributed by atoms with Gasteiger partial charge in [0.15, 0.2) is 0 Å². The van der Waals surface area contributed by atoms with Crippen molar-refractivity contribution in [2.24, 2.45) is 0 Å². The third-order valence-electron chi connectivity index (χ3n) is 9.14. The number of ether oxygens (including phenoxy) is 1. The maximum Gasteiger partial charge on any atom is 0.318 e. The van der Waals surface area contributed by atoms with Gasteiger partial charge in [0, 0.05) is 43.8 Å². The van der Waals surface area contributed by atoms with Gasteiger partial charge in [0.2, 0.25) is 5.91 Å². The lowest BCUT2D eigenvalue weighted by Gasteiger charge is -2.41. The van der Waals surface area contributed by atoms with Gasteiger partial charge in [-0.05, 0) is 74.9 Å². The van der Waals surface area contributed by atoms with E-state index in [1.807, 2.05) is 16.8 Å². The summed E-state index contributed by atoms with van der Waals surface area (Å²) in [5.74, 6) is 1.22. The Morgan fingerprint density at radius 1 is 1.20 bits per heavy atom. The minimum atomic E-state index is -0.825. The van der Waals surface area contributed by atoms with Crippen molar-refractivity contribution in [2.75, 3.05) is 44.7 Å². The molecule has 2 saturated heterocycles. The van der Waals surface area contributed by atoms with Gasteiger partial charge in [-0.15, -0.1) is 0 Å². The number of likely N-dealkylation sites (N-methyl/N-ethyl adjacent to an activating group) is 1. The summed E-state index contributed by atoms with van der Waals surface area (Å²) in [6.45, 7) is 10.7. The number of fused-ring (bicyclic) bond motifs is 2. The molecule has 0 N–H and O–H groups in total. The molecule has 0 spiro atoms. The van der Waals surface area contributed by atoms with E-state index in [-0.39, 0.29) is 18.0 Å². The zero-order valence-electron chi connectivity index (χ0n) is 24.4. The van der Waals surface area contributed by atoms with Crippen LogP contribution < -0.4 is 9.64 Å². The highest BCUT2D eigenvalue weighted by Crippen LogP contribution is 2.40. The Hall–Kier alpha value is -3.52. The molecule has 0 bridgehead atoms. The number of hydrogen-bond acceptors (Lipinski definition) is 6.